The second-order valence-corrected chi connectivity index (χ2v) is 8.16. The molecular weight excluding hydrogens is 405 g/mol. The first-order valence-corrected chi connectivity index (χ1v) is 10.2. The molecule has 0 saturated carbocycles. The van der Waals surface area contributed by atoms with Crippen LogP contribution in [0.15, 0.2) is 30.1 Å². The van der Waals surface area contributed by atoms with E-state index in [1.807, 2.05) is 6.92 Å². The summed E-state index contributed by atoms with van der Waals surface area (Å²) in [5.74, 6) is 0.0927. The van der Waals surface area contributed by atoms with Gasteiger partial charge in [0.1, 0.15) is 18.0 Å². The lowest BCUT2D eigenvalue weighted by Crippen LogP contribution is -2.44. The number of halogens is 1. The van der Waals surface area contributed by atoms with Crippen LogP contribution >= 0.6 is 0 Å². The number of ether oxygens (including phenoxy) is 2. The minimum absolute atomic E-state index is 0.0274. The Labute approximate surface area is 181 Å². The highest BCUT2D eigenvalue weighted by atomic mass is 19.1. The van der Waals surface area contributed by atoms with E-state index in [1.54, 1.807) is 39.0 Å². The molecule has 2 N–H and O–H groups in total. The van der Waals surface area contributed by atoms with Gasteiger partial charge in [-0.3, -0.25) is 9.59 Å². The van der Waals surface area contributed by atoms with Gasteiger partial charge in [-0.05, 0) is 57.9 Å². The fraction of sp³-hybridized carbons (Fsp3) is 0.500. The molecule has 0 spiro atoms. The zero-order valence-corrected chi connectivity index (χ0v) is 18.4. The van der Waals surface area contributed by atoms with Crippen molar-refractivity contribution in [2.24, 2.45) is 0 Å². The Hall–Kier alpha value is -3.10. The van der Waals surface area contributed by atoms with Crippen LogP contribution in [0.1, 0.15) is 43.6 Å². The molecule has 31 heavy (non-hydrogen) atoms. The van der Waals surface area contributed by atoms with Crippen LogP contribution in [0, 0.1) is 0 Å². The fourth-order valence-electron chi connectivity index (χ4n) is 2.98. The predicted octanol–water partition coefficient (Wildman–Crippen LogP) is 2.58. The van der Waals surface area contributed by atoms with Crippen molar-refractivity contribution in [2.45, 2.75) is 39.7 Å². The Kier molecular flexibility index (Phi) is 8.41. The number of amides is 3. The molecule has 0 radical (unpaired) electrons. The van der Waals surface area contributed by atoms with Crippen molar-refractivity contribution in [3.63, 3.8) is 0 Å². The van der Waals surface area contributed by atoms with E-state index in [9.17, 15) is 18.8 Å². The summed E-state index contributed by atoms with van der Waals surface area (Å²) in [4.78, 5) is 37.6. The van der Waals surface area contributed by atoms with Gasteiger partial charge in [0.2, 0.25) is 5.91 Å². The van der Waals surface area contributed by atoms with Gasteiger partial charge in [-0.1, -0.05) is 0 Å². The number of carbonyl (C=O) groups is 3. The van der Waals surface area contributed by atoms with Gasteiger partial charge in [0.15, 0.2) is 0 Å². The minimum Gasteiger partial charge on any atom is -0.489 e. The van der Waals surface area contributed by atoms with Gasteiger partial charge in [0.25, 0.3) is 5.91 Å². The van der Waals surface area contributed by atoms with Gasteiger partial charge in [0.05, 0.1) is 12.9 Å². The molecule has 1 aromatic carbocycles. The Morgan fingerprint density at radius 3 is 2.65 bits per heavy atom. The monoisotopic (exact) mass is 435 g/mol. The first-order valence-electron chi connectivity index (χ1n) is 10.2. The summed E-state index contributed by atoms with van der Waals surface area (Å²) in [5, 5.41) is 5.16. The maximum atomic E-state index is 13.2. The number of nitrogens with zero attached hydrogens (tertiary/aromatic N) is 1. The number of hydrogen-bond donors (Lipinski definition) is 2. The summed E-state index contributed by atoms with van der Waals surface area (Å²) in [6, 6.07) is 5.02. The second-order valence-electron chi connectivity index (χ2n) is 8.16. The largest absolute Gasteiger partial charge is 0.489 e. The number of nitrogens with one attached hydrogen (secondary N) is 2. The maximum absolute atomic E-state index is 13.2. The van der Waals surface area contributed by atoms with Crippen molar-refractivity contribution < 1.29 is 28.2 Å². The molecule has 1 aromatic rings. The molecule has 9 heteroatoms. The van der Waals surface area contributed by atoms with E-state index >= 15 is 0 Å². The van der Waals surface area contributed by atoms with Crippen molar-refractivity contribution in [3.05, 3.63) is 41.2 Å². The topological polar surface area (TPSA) is 97.0 Å². The molecule has 8 nitrogen and oxygen atoms in total. The number of carbonyl (C=O) groups excluding carboxylic acids is 3. The van der Waals surface area contributed by atoms with Crippen LogP contribution < -0.4 is 15.4 Å². The third-order valence-corrected chi connectivity index (χ3v) is 4.39. The molecule has 1 aliphatic heterocycles. The summed E-state index contributed by atoms with van der Waals surface area (Å²) in [7, 11) is 0. The van der Waals surface area contributed by atoms with E-state index in [0.29, 0.717) is 37.2 Å². The van der Waals surface area contributed by atoms with Crippen LogP contribution in [-0.4, -0.2) is 61.2 Å². The molecule has 0 aliphatic carbocycles. The number of likely N-dealkylation sites (N-methyl/N-ethyl adjacent to an activating group) is 1. The standard InChI is InChI=1S/C22H30FN3O5/c1-5-24-19(27)13-26-9-8-16-10-17(6-7-18(16)20(26)28)30-14-15(11-23)12-25-21(29)31-22(2,3)4/h6-7,10-11H,5,8-9,12-14H2,1-4H3,(H,24,27)(H,25,29)/b15-11-. The lowest BCUT2D eigenvalue weighted by atomic mass is 9.98. The van der Waals surface area contributed by atoms with E-state index < -0.39 is 11.7 Å². The molecule has 0 saturated heterocycles. The van der Waals surface area contributed by atoms with E-state index in [4.69, 9.17) is 9.47 Å². The highest BCUT2D eigenvalue weighted by Crippen LogP contribution is 2.24. The number of fused-ring (bicyclic) bond motifs is 1. The van der Waals surface area contributed by atoms with E-state index in [-0.39, 0.29) is 37.1 Å². The number of hydrogen-bond acceptors (Lipinski definition) is 5. The summed E-state index contributed by atoms with van der Waals surface area (Å²) in [6.45, 7) is 7.89. The van der Waals surface area contributed by atoms with Crippen LogP contribution in [0.25, 0.3) is 0 Å². The average Bonchev–Trinajstić information content (AvgIpc) is 2.69. The second kappa shape index (κ2) is 10.8. The fourth-order valence-corrected chi connectivity index (χ4v) is 2.98. The van der Waals surface area contributed by atoms with Crippen LogP contribution in [0.2, 0.25) is 0 Å². The van der Waals surface area contributed by atoms with Gasteiger partial charge in [-0.2, -0.15) is 0 Å². The molecule has 0 bridgehead atoms. The van der Waals surface area contributed by atoms with Crippen LogP contribution in [0.3, 0.4) is 0 Å². The zero-order valence-electron chi connectivity index (χ0n) is 18.4. The Morgan fingerprint density at radius 1 is 1.26 bits per heavy atom. The summed E-state index contributed by atoms with van der Waals surface area (Å²) >= 11 is 0. The first-order chi connectivity index (χ1) is 14.6. The molecule has 0 fully saturated rings. The summed E-state index contributed by atoms with van der Waals surface area (Å²) in [5.41, 5.74) is 0.923. The summed E-state index contributed by atoms with van der Waals surface area (Å²) < 4.78 is 23.9. The van der Waals surface area contributed by atoms with Crippen molar-refractivity contribution in [2.75, 3.05) is 32.8 Å². The SMILES string of the molecule is CCNC(=O)CN1CCc2cc(OC/C(=C\F)CNC(=O)OC(C)(C)C)ccc2C1=O. The van der Waals surface area contributed by atoms with Gasteiger partial charge < -0.3 is 25.0 Å². The molecule has 0 unspecified atom stereocenters. The molecule has 1 heterocycles. The van der Waals surface area contributed by atoms with E-state index in [1.165, 1.54) is 4.90 Å². The molecular formula is C22H30FN3O5. The van der Waals surface area contributed by atoms with Gasteiger partial charge in [-0.15, -0.1) is 0 Å². The Morgan fingerprint density at radius 2 is 2.00 bits per heavy atom. The predicted molar refractivity (Wildman–Crippen MR) is 114 cm³/mol. The van der Waals surface area contributed by atoms with E-state index in [0.717, 1.165) is 5.56 Å². The van der Waals surface area contributed by atoms with Gasteiger partial charge in [0, 0.05) is 30.8 Å². The third kappa shape index (κ3) is 7.58. The van der Waals surface area contributed by atoms with Crippen molar-refractivity contribution in [3.8, 4) is 5.75 Å². The van der Waals surface area contributed by atoms with Crippen LogP contribution in [0.4, 0.5) is 9.18 Å². The molecule has 3 amide bonds. The first kappa shape index (κ1) is 24.2. The number of alkyl carbamates (subject to hydrolysis) is 1. The Bertz CT molecular complexity index is 848. The lowest BCUT2D eigenvalue weighted by Gasteiger charge is -2.28. The summed E-state index contributed by atoms with van der Waals surface area (Å²) in [6.07, 6.45) is 0.332. The van der Waals surface area contributed by atoms with Gasteiger partial charge >= 0.3 is 6.09 Å². The highest BCUT2D eigenvalue weighted by molar-refractivity contribution is 5.98. The molecule has 0 aromatic heterocycles. The average molecular weight is 435 g/mol. The molecule has 0 atom stereocenters. The van der Waals surface area contributed by atoms with Crippen molar-refractivity contribution in [1.82, 2.24) is 15.5 Å². The maximum Gasteiger partial charge on any atom is 0.407 e. The molecule has 2 rings (SSSR count). The van der Waals surface area contributed by atoms with Crippen LogP contribution in [0.5, 0.6) is 5.75 Å². The third-order valence-electron chi connectivity index (χ3n) is 4.39. The van der Waals surface area contributed by atoms with Crippen molar-refractivity contribution in [1.29, 1.82) is 0 Å². The molecule has 1 aliphatic rings. The van der Waals surface area contributed by atoms with E-state index in [2.05, 4.69) is 10.6 Å². The number of rotatable bonds is 8. The normalized spacial score (nSPS) is 14.0. The lowest BCUT2D eigenvalue weighted by molar-refractivity contribution is -0.121. The smallest absolute Gasteiger partial charge is 0.407 e. The van der Waals surface area contributed by atoms with Crippen molar-refractivity contribution >= 4 is 17.9 Å². The minimum atomic E-state index is -0.643. The quantitative estimate of drug-likeness (QED) is 0.654. The zero-order chi connectivity index (χ0) is 23.0. The number of benzene rings is 1. The van der Waals surface area contributed by atoms with Gasteiger partial charge in [-0.25, -0.2) is 9.18 Å². The molecule has 170 valence electrons. The van der Waals surface area contributed by atoms with Crippen LogP contribution in [-0.2, 0) is 16.0 Å². The Balaban J connectivity index is 1.91. The highest BCUT2D eigenvalue weighted by Gasteiger charge is 2.26.